The largest absolute Gasteiger partial charge is 0.391 e. The van der Waals surface area contributed by atoms with Crippen LogP contribution >= 0.6 is 0 Å². The molecule has 0 aromatic carbocycles. The minimum absolute atomic E-state index is 0.0887. The second-order valence-corrected chi connectivity index (χ2v) is 2.74. The normalized spacial score (nSPS) is 41.9. The first-order chi connectivity index (χ1) is 4.61. The number of rotatable bonds is 0. The van der Waals surface area contributed by atoms with Crippen LogP contribution in [-0.2, 0) is 4.79 Å². The van der Waals surface area contributed by atoms with Crippen molar-refractivity contribution < 1.29 is 9.90 Å². The summed E-state index contributed by atoms with van der Waals surface area (Å²) in [5.74, 6) is -0.0887. The van der Waals surface area contributed by atoms with Crippen LogP contribution in [0.1, 0.15) is 12.8 Å². The predicted molar refractivity (Wildman–Crippen MR) is 36.2 cm³/mol. The summed E-state index contributed by atoms with van der Waals surface area (Å²) in [6, 6.07) is -0.786. The van der Waals surface area contributed by atoms with E-state index in [0.717, 1.165) is 0 Å². The lowest BCUT2D eigenvalue weighted by Crippen LogP contribution is -2.50. The van der Waals surface area contributed by atoms with Gasteiger partial charge in [-0.25, -0.2) is 0 Å². The van der Waals surface area contributed by atoms with Gasteiger partial charge in [-0.1, -0.05) is 0 Å². The Morgan fingerprint density at radius 2 is 2.10 bits per heavy atom. The molecule has 0 amide bonds. The Morgan fingerprint density at radius 3 is 2.60 bits per heavy atom. The van der Waals surface area contributed by atoms with Crippen molar-refractivity contribution in [1.82, 2.24) is 0 Å². The van der Waals surface area contributed by atoms with E-state index in [4.69, 9.17) is 16.6 Å². The molecule has 0 aromatic heterocycles. The van der Waals surface area contributed by atoms with Gasteiger partial charge in [0.05, 0.1) is 12.1 Å². The van der Waals surface area contributed by atoms with E-state index in [1.807, 2.05) is 0 Å². The van der Waals surface area contributed by atoms with Gasteiger partial charge in [-0.05, 0) is 6.42 Å². The summed E-state index contributed by atoms with van der Waals surface area (Å²) in [4.78, 5) is 10.8. The zero-order chi connectivity index (χ0) is 7.72. The molecule has 4 nitrogen and oxygen atoms in total. The third-order valence-corrected chi connectivity index (χ3v) is 1.84. The number of ketones is 1. The van der Waals surface area contributed by atoms with Gasteiger partial charge in [0.1, 0.15) is 0 Å². The van der Waals surface area contributed by atoms with E-state index in [1.54, 1.807) is 0 Å². The number of carbonyl (C=O) groups excluding carboxylic acids is 1. The summed E-state index contributed by atoms with van der Waals surface area (Å²) in [5.41, 5.74) is 10.8. The van der Waals surface area contributed by atoms with Crippen LogP contribution in [0.25, 0.3) is 0 Å². The molecule has 0 saturated heterocycles. The standard InChI is InChI=1S/C6H12N2O2/c7-3-1-4(8)6(10)2-5(3)9/h3-5,9H,1-2,7-8H2/t3-,4?,5-/m1/s1. The molecule has 1 unspecified atom stereocenters. The van der Waals surface area contributed by atoms with Gasteiger partial charge >= 0.3 is 0 Å². The molecule has 1 saturated carbocycles. The Morgan fingerprint density at radius 1 is 1.50 bits per heavy atom. The molecule has 1 rings (SSSR count). The molecule has 0 heterocycles. The molecular weight excluding hydrogens is 132 g/mol. The van der Waals surface area contributed by atoms with Crippen molar-refractivity contribution in [3.8, 4) is 0 Å². The Kier molecular flexibility index (Phi) is 2.03. The van der Waals surface area contributed by atoms with Crippen molar-refractivity contribution in [3.05, 3.63) is 0 Å². The topological polar surface area (TPSA) is 89.3 Å². The molecule has 0 radical (unpaired) electrons. The number of Topliss-reactive ketones (excluding diaryl/α,β-unsaturated/α-hetero) is 1. The Bertz CT molecular complexity index is 149. The van der Waals surface area contributed by atoms with Crippen LogP contribution in [-0.4, -0.2) is 29.1 Å². The van der Waals surface area contributed by atoms with Crippen molar-refractivity contribution in [3.63, 3.8) is 0 Å². The SMILES string of the molecule is NC1C[C@@H](N)[C@H](O)CC1=O. The maximum atomic E-state index is 10.8. The van der Waals surface area contributed by atoms with Gasteiger partial charge < -0.3 is 16.6 Å². The first-order valence-electron chi connectivity index (χ1n) is 3.33. The lowest BCUT2D eigenvalue weighted by Gasteiger charge is -2.27. The van der Waals surface area contributed by atoms with Gasteiger partial charge in [0.15, 0.2) is 5.78 Å². The highest BCUT2D eigenvalue weighted by atomic mass is 16.3. The Labute approximate surface area is 59.2 Å². The van der Waals surface area contributed by atoms with Gasteiger partial charge in [-0.2, -0.15) is 0 Å². The molecule has 0 spiro atoms. The Hall–Kier alpha value is -0.450. The third kappa shape index (κ3) is 1.34. The molecule has 58 valence electrons. The second-order valence-electron chi connectivity index (χ2n) is 2.74. The monoisotopic (exact) mass is 144 g/mol. The number of hydrogen-bond acceptors (Lipinski definition) is 4. The smallest absolute Gasteiger partial charge is 0.152 e. The molecule has 5 N–H and O–H groups in total. The van der Waals surface area contributed by atoms with Crippen LogP contribution in [0.15, 0.2) is 0 Å². The summed E-state index contributed by atoms with van der Waals surface area (Å²) in [6.45, 7) is 0. The fourth-order valence-electron chi connectivity index (χ4n) is 1.09. The van der Waals surface area contributed by atoms with Crippen molar-refractivity contribution in [2.75, 3.05) is 0 Å². The van der Waals surface area contributed by atoms with Crippen molar-refractivity contribution >= 4 is 5.78 Å². The van der Waals surface area contributed by atoms with Gasteiger partial charge in [-0.3, -0.25) is 4.79 Å². The Balaban J connectivity index is 2.54. The van der Waals surface area contributed by atoms with Crippen LogP contribution in [0.3, 0.4) is 0 Å². The summed E-state index contributed by atoms with van der Waals surface area (Å²) in [7, 11) is 0. The zero-order valence-electron chi connectivity index (χ0n) is 5.66. The number of aliphatic hydroxyl groups is 1. The van der Waals surface area contributed by atoms with E-state index >= 15 is 0 Å². The van der Waals surface area contributed by atoms with Gasteiger partial charge in [0, 0.05) is 12.5 Å². The van der Waals surface area contributed by atoms with Crippen molar-refractivity contribution in [2.24, 2.45) is 11.5 Å². The highest BCUT2D eigenvalue weighted by Crippen LogP contribution is 2.12. The van der Waals surface area contributed by atoms with Crippen molar-refractivity contribution in [2.45, 2.75) is 31.0 Å². The predicted octanol–water partition coefficient (Wildman–Crippen LogP) is -1.64. The zero-order valence-corrected chi connectivity index (χ0v) is 5.66. The minimum atomic E-state index is -0.688. The average Bonchev–Trinajstić information content (AvgIpc) is 1.84. The third-order valence-electron chi connectivity index (χ3n) is 1.84. The van der Waals surface area contributed by atoms with Gasteiger partial charge in [0.2, 0.25) is 0 Å². The van der Waals surface area contributed by atoms with Gasteiger partial charge in [-0.15, -0.1) is 0 Å². The van der Waals surface area contributed by atoms with Crippen molar-refractivity contribution in [1.29, 1.82) is 0 Å². The average molecular weight is 144 g/mol. The molecule has 1 fully saturated rings. The maximum Gasteiger partial charge on any atom is 0.152 e. The maximum absolute atomic E-state index is 10.8. The van der Waals surface area contributed by atoms with Crippen LogP contribution in [0.4, 0.5) is 0 Å². The summed E-state index contributed by atoms with van der Waals surface area (Å²) in [6.07, 6.45) is -0.171. The second kappa shape index (κ2) is 2.65. The molecule has 1 aliphatic carbocycles. The highest BCUT2D eigenvalue weighted by Gasteiger charge is 2.30. The summed E-state index contributed by atoms with van der Waals surface area (Å²) >= 11 is 0. The first kappa shape index (κ1) is 7.65. The lowest BCUT2D eigenvalue weighted by atomic mass is 9.89. The van der Waals surface area contributed by atoms with E-state index in [0.29, 0.717) is 6.42 Å². The molecule has 3 atom stereocenters. The van der Waals surface area contributed by atoms with Crippen LogP contribution in [0.2, 0.25) is 0 Å². The highest BCUT2D eigenvalue weighted by molar-refractivity contribution is 5.85. The lowest BCUT2D eigenvalue weighted by molar-refractivity contribution is -0.125. The molecular formula is C6H12N2O2. The molecule has 0 bridgehead atoms. The summed E-state index contributed by atoms with van der Waals surface area (Å²) in [5, 5.41) is 9.06. The van der Waals surface area contributed by atoms with Crippen LogP contribution in [0, 0.1) is 0 Å². The number of carbonyl (C=O) groups is 1. The van der Waals surface area contributed by atoms with E-state index in [1.165, 1.54) is 0 Å². The minimum Gasteiger partial charge on any atom is -0.391 e. The number of aliphatic hydroxyl groups excluding tert-OH is 1. The van der Waals surface area contributed by atoms with E-state index < -0.39 is 12.1 Å². The van der Waals surface area contributed by atoms with Crippen LogP contribution < -0.4 is 11.5 Å². The number of nitrogens with two attached hydrogens (primary N) is 2. The quantitative estimate of drug-likeness (QED) is 0.380. The van der Waals surface area contributed by atoms with Crippen LogP contribution in [0.5, 0.6) is 0 Å². The molecule has 1 aliphatic rings. The van der Waals surface area contributed by atoms with E-state index in [9.17, 15) is 4.79 Å². The fraction of sp³-hybridized carbons (Fsp3) is 0.833. The van der Waals surface area contributed by atoms with E-state index in [-0.39, 0.29) is 18.2 Å². The molecule has 0 aliphatic heterocycles. The number of hydrogen-bond donors (Lipinski definition) is 3. The van der Waals surface area contributed by atoms with Gasteiger partial charge in [0.25, 0.3) is 0 Å². The first-order valence-corrected chi connectivity index (χ1v) is 3.33. The molecule has 4 heteroatoms. The van der Waals surface area contributed by atoms with E-state index in [2.05, 4.69) is 0 Å². The fourth-order valence-corrected chi connectivity index (χ4v) is 1.09. The molecule has 10 heavy (non-hydrogen) atoms. The summed E-state index contributed by atoms with van der Waals surface area (Å²) < 4.78 is 0. The molecule has 0 aromatic rings.